The number of hydrogen-bond acceptors (Lipinski definition) is 4. The van der Waals surface area contributed by atoms with Crippen molar-refractivity contribution in [3.63, 3.8) is 0 Å². The molecule has 0 spiro atoms. The molecule has 0 saturated carbocycles. The normalized spacial score (nSPS) is 15.9. The van der Waals surface area contributed by atoms with Crippen molar-refractivity contribution < 1.29 is 14.3 Å². The molecule has 3 aromatic carbocycles. The maximum absolute atomic E-state index is 13.9. The molecule has 2 amide bonds. The highest BCUT2D eigenvalue weighted by atomic mass is 35.5. The molecule has 0 aliphatic carbocycles. The fourth-order valence-electron chi connectivity index (χ4n) is 4.46. The van der Waals surface area contributed by atoms with Crippen LogP contribution in [0, 0.1) is 0 Å². The second-order valence-corrected chi connectivity index (χ2v) is 8.17. The summed E-state index contributed by atoms with van der Waals surface area (Å²) in [6.07, 6.45) is 1.83. The van der Waals surface area contributed by atoms with Crippen LogP contribution in [0.5, 0.6) is 5.75 Å². The maximum Gasteiger partial charge on any atom is 0.282 e. The molecule has 32 heavy (non-hydrogen) atoms. The fourth-order valence-corrected chi connectivity index (χ4v) is 4.62. The van der Waals surface area contributed by atoms with E-state index in [0.717, 1.165) is 24.1 Å². The lowest BCUT2D eigenvalue weighted by atomic mass is 9.98. The minimum Gasteiger partial charge on any atom is -0.495 e. The number of methoxy groups -OCH3 is 1. The van der Waals surface area contributed by atoms with Crippen LogP contribution in [0.3, 0.4) is 0 Å². The lowest BCUT2D eigenvalue weighted by Gasteiger charge is -2.32. The van der Waals surface area contributed by atoms with Gasteiger partial charge in [-0.15, -0.1) is 0 Å². The van der Waals surface area contributed by atoms with E-state index in [9.17, 15) is 9.59 Å². The summed E-state index contributed by atoms with van der Waals surface area (Å²) < 4.78 is 5.45. The first-order valence-corrected chi connectivity index (χ1v) is 10.9. The van der Waals surface area contributed by atoms with Gasteiger partial charge in [-0.3, -0.25) is 9.59 Å². The number of hydrogen-bond donors (Lipinski definition) is 0. The standard InChI is InChI=1S/C26H21ClN2O3/c1-32-22-14-13-19(27)16-21(22)29-25(30)23(18-9-3-2-4-10-18)24(26(29)31)28-15-7-11-17-8-5-6-12-20(17)28/h2-6,8-10,12-14,16H,7,11,15H2,1H3. The van der Waals surface area contributed by atoms with Crippen molar-refractivity contribution in [2.45, 2.75) is 12.8 Å². The summed E-state index contributed by atoms with van der Waals surface area (Å²) in [5, 5.41) is 0.416. The number of aryl methyl sites for hydroxylation is 1. The fraction of sp³-hybridized carbons (Fsp3) is 0.154. The van der Waals surface area contributed by atoms with Crippen LogP contribution in [0.4, 0.5) is 11.4 Å². The zero-order valence-corrected chi connectivity index (χ0v) is 18.3. The number of amides is 2. The Morgan fingerprint density at radius 3 is 2.41 bits per heavy atom. The smallest absolute Gasteiger partial charge is 0.282 e. The van der Waals surface area contributed by atoms with Gasteiger partial charge >= 0.3 is 0 Å². The van der Waals surface area contributed by atoms with E-state index in [0.29, 0.717) is 39.8 Å². The van der Waals surface area contributed by atoms with Gasteiger partial charge in [-0.05, 0) is 48.2 Å². The lowest BCUT2D eigenvalue weighted by Crippen LogP contribution is -2.37. The molecular weight excluding hydrogens is 424 g/mol. The minimum absolute atomic E-state index is 0.337. The van der Waals surface area contributed by atoms with Crippen LogP contribution in [0.25, 0.3) is 5.57 Å². The van der Waals surface area contributed by atoms with E-state index in [4.69, 9.17) is 16.3 Å². The van der Waals surface area contributed by atoms with Gasteiger partial charge in [0.1, 0.15) is 11.4 Å². The van der Waals surface area contributed by atoms with Crippen LogP contribution in [0.15, 0.2) is 78.5 Å². The average Bonchev–Trinajstić information content (AvgIpc) is 3.08. The minimum atomic E-state index is -0.389. The quantitative estimate of drug-likeness (QED) is 0.526. The molecule has 0 radical (unpaired) electrons. The average molecular weight is 445 g/mol. The zero-order chi connectivity index (χ0) is 22.2. The van der Waals surface area contributed by atoms with Gasteiger partial charge in [0, 0.05) is 17.3 Å². The van der Waals surface area contributed by atoms with Gasteiger partial charge < -0.3 is 9.64 Å². The second kappa shape index (κ2) is 8.17. The summed E-state index contributed by atoms with van der Waals surface area (Å²) in [4.78, 5) is 30.8. The second-order valence-electron chi connectivity index (χ2n) is 7.74. The summed E-state index contributed by atoms with van der Waals surface area (Å²) >= 11 is 6.22. The predicted octanol–water partition coefficient (Wildman–Crippen LogP) is 5.09. The molecule has 0 fully saturated rings. The number of carbonyl (C=O) groups is 2. The molecule has 5 nitrogen and oxygen atoms in total. The van der Waals surface area contributed by atoms with Crippen molar-refractivity contribution in [2.24, 2.45) is 0 Å². The molecule has 2 aliphatic rings. The van der Waals surface area contributed by atoms with Crippen molar-refractivity contribution >= 4 is 40.4 Å². The number of carbonyl (C=O) groups excluding carboxylic acids is 2. The first-order chi connectivity index (χ1) is 15.6. The Hall–Kier alpha value is -3.57. The molecule has 0 N–H and O–H groups in total. The van der Waals surface area contributed by atoms with E-state index in [1.54, 1.807) is 18.2 Å². The Balaban J connectivity index is 1.71. The molecule has 160 valence electrons. The predicted molar refractivity (Wildman–Crippen MR) is 126 cm³/mol. The third-order valence-corrected chi connectivity index (χ3v) is 6.12. The van der Waals surface area contributed by atoms with E-state index in [1.165, 1.54) is 12.0 Å². The monoisotopic (exact) mass is 444 g/mol. The Kier molecular flexibility index (Phi) is 5.19. The van der Waals surface area contributed by atoms with E-state index in [2.05, 4.69) is 6.07 Å². The van der Waals surface area contributed by atoms with Gasteiger partial charge in [-0.1, -0.05) is 60.1 Å². The van der Waals surface area contributed by atoms with Crippen molar-refractivity contribution in [1.29, 1.82) is 0 Å². The first-order valence-electron chi connectivity index (χ1n) is 10.5. The molecule has 0 unspecified atom stereocenters. The Morgan fingerprint density at radius 2 is 1.62 bits per heavy atom. The molecule has 6 heteroatoms. The van der Waals surface area contributed by atoms with Crippen molar-refractivity contribution in [1.82, 2.24) is 0 Å². The van der Waals surface area contributed by atoms with E-state index in [1.807, 2.05) is 53.4 Å². The number of fused-ring (bicyclic) bond motifs is 1. The van der Waals surface area contributed by atoms with E-state index in [-0.39, 0.29) is 11.8 Å². The third-order valence-electron chi connectivity index (χ3n) is 5.88. The third kappa shape index (κ3) is 3.26. The van der Waals surface area contributed by atoms with Crippen molar-refractivity contribution in [2.75, 3.05) is 23.5 Å². The summed E-state index contributed by atoms with van der Waals surface area (Å²) in [5.41, 5.74) is 3.93. The van der Waals surface area contributed by atoms with Gasteiger partial charge in [-0.25, -0.2) is 4.90 Å². The number of imide groups is 1. The highest BCUT2D eigenvalue weighted by Gasteiger charge is 2.44. The zero-order valence-electron chi connectivity index (χ0n) is 17.5. The first kappa shape index (κ1) is 20.3. The lowest BCUT2D eigenvalue weighted by molar-refractivity contribution is -0.120. The van der Waals surface area contributed by atoms with Crippen LogP contribution in [-0.2, 0) is 16.0 Å². The van der Waals surface area contributed by atoms with Gasteiger partial charge in [0.15, 0.2) is 0 Å². The molecule has 0 saturated heterocycles. The molecule has 0 aromatic heterocycles. The molecule has 3 aromatic rings. The van der Waals surface area contributed by atoms with Crippen LogP contribution in [-0.4, -0.2) is 25.5 Å². The number of para-hydroxylation sites is 1. The summed E-state index contributed by atoms with van der Waals surface area (Å²) in [6.45, 7) is 0.655. The van der Waals surface area contributed by atoms with Gasteiger partial charge in [0.25, 0.3) is 11.8 Å². The summed E-state index contributed by atoms with van der Waals surface area (Å²) in [7, 11) is 1.51. The Morgan fingerprint density at radius 1 is 0.875 bits per heavy atom. The topological polar surface area (TPSA) is 49.9 Å². The largest absolute Gasteiger partial charge is 0.495 e. The number of rotatable bonds is 4. The number of halogens is 1. The van der Waals surface area contributed by atoms with Gasteiger partial charge in [0.2, 0.25) is 0 Å². The molecular formula is C26H21ClN2O3. The highest BCUT2D eigenvalue weighted by Crippen LogP contribution is 2.42. The number of ether oxygens (including phenoxy) is 1. The number of anilines is 2. The Labute approximate surface area is 191 Å². The molecule has 0 atom stereocenters. The Bertz CT molecular complexity index is 1250. The van der Waals surface area contributed by atoms with E-state index >= 15 is 0 Å². The highest BCUT2D eigenvalue weighted by molar-refractivity contribution is 6.47. The molecule has 0 bridgehead atoms. The van der Waals surface area contributed by atoms with Crippen LogP contribution in [0.2, 0.25) is 5.02 Å². The number of benzene rings is 3. The SMILES string of the molecule is COc1ccc(Cl)cc1N1C(=O)C(c2ccccc2)=C(N2CCCc3ccccc32)C1=O. The molecule has 5 rings (SSSR count). The van der Waals surface area contributed by atoms with Gasteiger partial charge in [0.05, 0.1) is 18.4 Å². The maximum atomic E-state index is 13.9. The van der Waals surface area contributed by atoms with Crippen LogP contribution < -0.4 is 14.5 Å². The molecule has 2 aliphatic heterocycles. The van der Waals surface area contributed by atoms with Gasteiger partial charge in [-0.2, -0.15) is 0 Å². The van der Waals surface area contributed by atoms with Crippen molar-refractivity contribution in [3.8, 4) is 5.75 Å². The van der Waals surface area contributed by atoms with E-state index < -0.39 is 0 Å². The number of nitrogens with zero attached hydrogens (tertiary/aromatic N) is 2. The molecule has 2 heterocycles. The summed E-state index contributed by atoms with van der Waals surface area (Å²) in [6, 6.07) is 22.3. The van der Waals surface area contributed by atoms with Crippen molar-refractivity contribution in [3.05, 3.63) is 94.6 Å². The van der Waals surface area contributed by atoms with Crippen LogP contribution in [0.1, 0.15) is 17.5 Å². The van der Waals surface area contributed by atoms with Crippen LogP contribution >= 0.6 is 11.6 Å². The summed E-state index contributed by atoms with van der Waals surface area (Å²) in [5.74, 6) is -0.366.